The van der Waals surface area contributed by atoms with Gasteiger partial charge < -0.3 is 10.2 Å². The minimum absolute atomic E-state index is 0.761. The lowest BCUT2D eigenvalue weighted by molar-refractivity contribution is 0.744. The first-order valence-corrected chi connectivity index (χ1v) is 8.08. The molecular formula is C19H25N3. The van der Waals surface area contributed by atoms with E-state index in [4.69, 9.17) is 0 Å². The second kappa shape index (κ2) is 7.17. The second-order valence-electron chi connectivity index (χ2n) is 5.63. The molecule has 1 aromatic rings. The summed E-state index contributed by atoms with van der Waals surface area (Å²) < 4.78 is 0. The highest BCUT2D eigenvalue weighted by Gasteiger charge is 2.18. The largest absolute Gasteiger partial charge is 0.387 e. The molecule has 1 aromatic carbocycles. The maximum atomic E-state index is 9.47. The first-order valence-electron chi connectivity index (χ1n) is 8.08. The maximum absolute atomic E-state index is 9.47. The summed E-state index contributed by atoms with van der Waals surface area (Å²) in [6.45, 7) is 8.07. The van der Waals surface area contributed by atoms with Crippen molar-refractivity contribution in [2.75, 3.05) is 25.0 Å². The van der Waals surface area contributed by atoms with Gasteiger partial charge in [0, 0.05) is 37.6 Å². The van der Waals surface area contributed by atoms with Gasteiger partial charge in [0.25, 0.3) is 0 Å². The first-order chi connectivity index (χ1) is 10.7. The van der Waals surface area contributed by atoms with Crippen LogP contribution in [0.25, 0.3) is 5.57 Å². The molecule has 0 spiro atoms. The summed E-state index contributed by atoms with van der Waals surface area (Å²) in [5.41, 5.74) is 6.78. The molecule has 2 aliphatic rings. The van der Waals surface area contributed by atoms with Crippen LogP contribution in [0, 0.1) is 11.3 Å². The standard InChI is InChI=1S/C17H19N3.C2H6/c1-12-6-15(11-19-10-12)16-7-13-4-3-5-20(2)17(13)8-14(16)9-18;1-2/h6-8,11,19H,3-5,10H2,1-2H3;1-2H3. The van der Waals surface area contributed by atoms with Crippen molar-refractivity contribution in [3.8, 4) is 6.07 Å². The van der Waals surface area contributed by atoms with E-state index in [2.05, 4.69) is 42.4 Å². The predicted molar refractivity (Wildman–Crippen MR) is 93.8 cm³/mol. The molecule has 0 amide bonds. The number of rotatable bonds is 1. The van der Waals surface area contributed by atoms with Gasteiger partial charge in [-0.2, -0.15) is 5.26 Å². The molecule has 3 heteroatoms. The summed E-state index contributed by atoms with van der Waals surface area (Å²) in [5, 5.41) is 12.7. The van der Waals surface area contributed by atoms with Crippen LogP contribution in [0.5, 0.6) is 0 Å². The van der Waals surface area contributed by atoms with E-state index >= 15 is 0 Å². The molecular weight excluding hydrogens is 270 g/mol. The van der Waals surface area contributed by atoms with Crippen molar-refractivity contribution >= 4 is 11.3 Å². The van der Waals surface area contributed by atoms with Crippen LogP contribution in [0.15, 0.2) is 30.0 Å². The third-order valence-electron chi connectivity index (χ3n) is 4.04. The highest BCUT2D eigenvalue weighted by Crippen LogP contribution is 2.33. The highest BCUT2D eigenvalue weighted by molar-refractivity contribution is 5.81. The Morgan fingerprint density at radius 3 is 2.73 bits per heavy atom. The summed E-state index contributed by atoms with van der Waals surface area (Å²) in [6.07, 6.45) is 6.47. The predicted octanol–water partition coefficient (Wildman–Crippen LogP) is 3.86. The number of allylic oxidation sites excluding steroid dienone is 2. The van der Waals surface area contributed by atoms with Gasteiger partial charge in [-0.25, -0.2) is 0 Å². The van der Waals surface area contributed by atoms with Gasteiger partial charge in [-0.3, -0.25) is 0 Å². The zero-order valence-electron chi connectivity index (χ0n) is 14.0. The third-order valence-corrected chi connectivity index (χ3v) is 4.04. The fourth-order valence-corrected chi connectivity index (χ4v) is 2.98. The van der Waals surface area contributed by atoms with Crippen molar-refractivity contribution in [1.82, 2.24) is 5.32 Å². The van der Waals surface area contributed by atoms with Crippen molar-refractivity contribution in [2.24, 2.45) is 0 Å². The van der Waals surface area contributed by atoms with Crippen LogP contribution in [0.2, 0.25) is 0 Å². The van der Waals surface area contributed by atoms with Gasteiger partial charge in [-0.1, -0.05) is 25.5 Å². The molecule has 2 heterocycles. The van der Waals surface area contributed by atoms with E-state index in [0.29, 0.717) is 0 Å². The van der Waals surface area contributed by atoms with Gasteiger partial charge >= 0.3 is 0 Å². The summed E-state index contributed by atoms with van der Waals surface area (Å²) >= 11 is 0. The van der Waals surface area contributed by atoms with Crippen molar-refractivity contribution in [3.05, 3.63) is 46.7 Å². The molecule has 0 unspecified atom stereocenters. The molecule has 0 fully saturated rings. The number of anilines is 1. The number of benzene rings is 1. The molecule has 0 aliphatic carbocycles. The van der Waals surface area contributed by atoms with E-state index < -0.39 is 0 Å². The van der Waals surface area contributed by atoms with Crippen LogP contribution >= 0.6 is 0 Å². The zero-order chi connectivity index (χ0) is 16.1. The van der Waals surface area contributed by atoms with E-state index in [1.807, 2.05) is 26.1 Å². The van der Waals surface area contributed by atoms with E-state index in [1.54, 1.807) is 0 Å². The lowest BCUT2D eigenvalue weighted by atomic mass is 9.91. The van der Waals surface area contributed by atoms with Crippen LogP contribution in [-0.2, 0) is 6.42 Å². The third kappa shape index (κ3) is 3.17. The topological polar surface area (TPSA) is 39.1 Å². The Morgan fingerprint density at radius 1 is 1.27 bits per heavy atom. The summed E-state index contributed by atoms with van der Waals surface area (Å²) in [7, 11) is 2.10. The van der Waals surface area contributed by atoms with Crippen LogP contribution < -0.4 is 10.2 Å². The monoisotopic (exact) mass is 295 g/mol. The fraction of sp³-hybridized carbons (Fsp3) is 0.421. The lowest BCUT2D eigenvalue weighted by Gasteiger charge is -2.28. The number of nitrogens with zero attached hydrogens (tertiary/aromatic N) is 2. The van der Waals surface area contributed by atoms with Gasteiger partial charge in [-0.05, 0) is 43.0 Å². The number of nitriles is 1. The molecule has 3 nitrogen and oxygen atoms in total. The molecule has 0 saturated heterocycles. The minimum atomic E-state index is 0.761. The highest BCUT2D eigenvalue weighted by atomic mass is 15.1. The molecule has 2 aliphatic heterocycles. The number of hydrogen-bond acceptors (Lipinski definition) is 3. The van der Waals surface area contributed by atoms with Crippen LogP contribution in [-0.4, -0.2) is 20.1 Å². The van der Waals surface area contributed by atoms with E-state index in [-0.39, 0.29) is 0 Å². The SMILES string of the molecule is CC.CC1=CC(c2cc3c(cc2C#N)N(C)CCC3)=CNC1. The normalized spacial score (nSPS) is 16.2. The maximum Gasteiger partial charge on any atom is 0.0998 e. The van der Waals surface area contributed by atoms with Crippen molar-refractivity contribution in [3.63, 3.8) is 0 Å². The Kier molecular flexibility index (Phi) is 5.27. The van der Waals surface area contributed by atoms with Crippen molar-refractivity contribution in [2.45, 2.75) is 33.6 Å². The lowest BCUT2D eigenvalue weighted by Crippen LogP contribution is -2.25. The average Bonchev–Trinajstić information content (AvgIpc) is 2.56. The Bertz CT molecular complexity index is 647. The van der Waals surface area contributed by atoms with Crippen LogP contribution in [0.4, 0.5) is 5.69 Å². The number of nitrogens with one attached hydrogen (secondary N) is 1. The Labute approximate surface area is 133 Å². The average molecular weight is 295 g/mol. The first kappa shape index (κ1) is 16.2. The molecule has 0 atom stereocenters. The summed E-state index contributed by atoms with van der Waals surface area (Å²) in [5.74, 6) is 0. The Morgan fingerprint density at radius 2 is 2.05 bits per heavy atom. The summed E-state index contributed by atoms with van der Waals surface area (Å²) in [4.78, 5) is 2.25. The number of aryl methyl sites for hydroxylation is 1. The van der Waals surface area contributed by atoms with Gasteiger partial charge in [0.05, 0.1) is 11.6 Å². The number of fused-ring (bicyclic) bond motifs is 1. The van der Waals surface area contributed by atoms with Crippen molar-refractivity contribution < 1.29 is 0 Å². The van der Waals surface area contributed by atoms with Crippen LogP contribution in [0.3, 0.4) is 0 Å². The van der Waals surface area contributed by atoms with Gasteiger partial charge in [0.2, 0.25) is 0 Å². The van der Waals surface area contributed by atoms with Crippen molar-refractivity contribution in [1.29, 1.82) is 5.26 Å². The number of hydrogen-bond donors (Lipinski definition) is 1. The van der Waals surface area contributed by atoms with Gasteiger partial charge in [-0.15, -0.1) is 0 Å². The van der Waals surface area contributed by atoms with E-state index in [0.717, 1.165) is 36.2 Å². The Hall–Kier alpha value is -2.21. The molecule has 0 aromatic heterocycles. The Balaban J connectivity index is 0.000000847. The van der Waals surface area contributed by atoms with Gasteiger partial charge in [0.1, 0.15) is 0 Å². The molecule has 22 heavy (non-hydrogen) atoms. The molecule has 3 rings (SSSR count). The minimum Gasteiger partial charge on any atom is -0.387 e. The smallest absolute Gasteiger partial charge is 0.0998 e. The number of dihydropyridines is 1. The molecule has 116 valence electrons. The molecule has 1 N–H and O–H groups in total. The van der Waals surface area contributed by atoms with E-state index in [9.17, 15) is 5.26 Å². The fourth-order valence-electron chi connectivity index (χ4n) is 2.98. The summed E-state index contributed by atoms with van der Waals surface area (Å²) in [6, 6.07) is 6.60. The van der Waals surface area contributed by atoms with Crippen LogP contribution in [0.1, 0.15) is 43.9 Å². The molecule has 0 radical (unpaired) electrons. The second-order valence-corrected chi connectivity index (χ2v) is 5.63. The quantitative estimate of drug-likeness (QED) is 0.855. The molecule has 0 saturated carbocycles. The van der Waals surface area contributed by atoms with E-state index in [1.165, 1.54) is 23.2 Å². The molecule has 0 bridgehead atoms. The zero-order valence-corrected chi connectivity index (χ0v) is 14.0. The van der Waals surface area contributed by atoms with Gasteiger partial charge in [0.15, 0.2) is 0 Å².